The van der Waals surface area contributed by atoms with Crippen molar-refractivity contribution < 1.29 is 14.6 Å². The highest BCUT2D eigenvalue weighted by atomic mass is 32.1. The van der Waals surface area contributed by atoms with Crippen LogP contribution in [0.3, 0.4) is 0 Å². The second kappa shape index (κ2) is 5.82. The zero-order valence-electron chi connectivity index (χ0n) is 10.8. The van der Waals surface area contributed by atoms with Gasteiger partial charge in [0, 0.05) is 20.2 Å². The van der Waals surface area contributed by atoms with Crippen molar-refractivity contribution in [3.8, 4) is 0 Å². The SMILES string of the molecule is COC1CN(Cc2ccsc2C(=O)O)CCC1C. The summed E-state index contributed by atoms with van der Waals surface area (Å²) in [6.07, 6.45) is 1.36. The molecule has 1 saturated heterocycles. The van der Waals surface area contributed by atoms with Crippen molar-refractivity contribution in [2.45, 2.75) is 26.0 Å². The molecule has 1 aromatic rings. The molecule has 0 saturated carbocycles. The van der Waals surface area contributed by atoms with E-state index in [0.717, 1.165) is 25.1 Å². The molecule has 2 unspecified atom stereocenters. The Morgan fingerprint density at radius 1 is 1.67 bits per heavy atom. The second-order valence-electron chi connectivity index (χ2n) is 4.86. The molecular formula is C13H19NO3S. The van der Waals surface area contributed by atoms with Gasteiger partial charge in [0.1, 0.15) is 4.88 Å². The van der Waals surface area contributed by atoms with Crippen molar-refractivity contribution in [2.75, 3.05) is 20.2 Å². The number of hydrogen-bond donors (Lipinski definition) is 1. The summed E-state index contributed by atoms with van der Waals surface area (Å²) in [5, 5.41) is 10.9. The van der Waals surface area contributed by atoms with Crippen LogP contribution in [-0.4, -0.2) is 42.3 Å². The maximum Gasteiger partial charge on any atom is 0.346 e. The van der Waals surface area contributed by atoms with Crippen LogP contribution >= 0.6 is 11.3 Å². The molecule has 18 heavy (non-hydrogen) atoms. The Kier molecular flexibility index (Phi) is 4.37. The number of likely N-dealkylation sites (tertiary alicyclic amines) is 1. The lowest BCUT2D eigenvalue weighted by Crippen LogP contribution is -2.43. The van der Waals surface area contributed by atoms with E-state index in [1.165, 1.54) is 11.3 Å². The van der Waals surface area contributed by atoms with Gasteiger partial charge in [0.15, 0.2) is 0 Å². The first-order chi connectivity index (χ1) is 8.61. The lowest BCUT2D eigenvalue weighted by atomic mass is 9.95. The summed E-state index contributed by atoms with van der Waals surface area (Å²) < 4.78 is 5.48. The van der Waals surface area contributed by atoms with Crippen molar-refractivity contribution in [1.82, 2.24) is 4.90 Å². The van der Waals surface area contributed by atoms with Gasteiger partial charge >= 0.3 is 5.97 Å². The largest absolute Gasteiger partial charge is 0.477 e. The van der Waals surface area contributed by atoms with Gasteiger partial charge in [-0.1, -0.05) is 6.92 Å². The van der Waals surface area contributed by atoms with Crippen molar-refractivity contribution in [3.05, 3.63) is 21.9 Å². The fourth-order valence-electron chi connectivity index (χ4n) is 2.44. The molecule has 0 spiro atoms. The molecular weight excluding hydrogens is 250 g/mol. The summed E-state index contributed by atoms with van der Waals surface area (Å²) in [6, 6.07) is 1.91. The minimum absolute atomic E-state index is 0.255. The molecule has 0 radical (unpaired) electrons. The molecule has 1 aliphatic rings. The molecule has 0 aromatic carbocycles. The molecule has 0 amide bonds. The van der Waals surface area contributed by atoms with Gasteiger partial charge in [0.25, 0.3) is 0 Å². The molecule has 2 heterocycles. The third-order valence-electron chi connectivity index (χ3n) is 3.61. The third-order valence-corrected chi connectivity index (χ3v) is 4.56. The van der Waals surface area contributed by atoms with Crippen LogP contribution in [0.2, 0.25) is 0 Å². The van der Waals surface area contributed by atoms with Gasteiger partial charge in [-0.05, 0) is 35.9 Å². The number of hydrogen-bond acceptors (Lipinski definition) is 4. The minimum Gasteiger partial charge on any atom is -0.477 e. The molecule has 1 N–H and O–H groups in total. The average molecular weight is 269 g/mol. The van der Waals surface area contributed by atoms with Crippen LogP contribution in [0.4, 0.5) is 0 Å². The number of carbonyl (C=O) groups is 1. The first kappa shape index (κ1) is 13.5. The Morgan fingerprint density at radius 2 is 2.44 bits per heavy atom. The van der Waals surface area contributed by atoms with Crippen molar-refractivity contribution >= 4 is 17.3 Å². The molecule has 0 aliphatic carbocycles. The van der Waals surface area contributed by atoms with Crippen LogP contribution in [-0.2, 0) is 11.3 Å². The first-order valence-corrected chi connectivity index (χ1v) is 7.04. The average Bonchev–Trinajstić information content (AvgIpc) is 2.80. The zero-order chi connectivity index (χ0) is 13.1. The molecule has 1 aliphatic heterocycles. The van der Waals surface area contributed by atoms with Crippen LogP contribution in [0.25, 0.3) is 0 Å². The maximum absolute atomic E-state index is 11.1. The Labute approximate surface area is 111 Å². The first-order valence-electron chi connectivity index (χ1n) is 6.16. The van der Waals surface area contributed by atoms with E-state index in [4.69, 9.17) is 9.84 Å². The van der Waals surface area contributed by atoms with E-state index in [1.54, 1.807) is 7.11 Å². The van der Waals surface area contributed by atoms with Gasteiger partial charge in [-0.15, -0.1) is 11.3 Å². The summed E-state index contributed by atoms with van der Waals surface area (Å²) >= 11 is 1.30. The number of carboxylic acid groups (broad SMARTS) is 1. The van der Waals surface area contributed by atoms with Crippen LogP contribution < -0.4 is 0 Å². The predicted octanol–water partition coefficient (Wildman–Crippen LogP) is 2.30. The summed E-state index contributed by atoms with van der Waals surface area (Å²) in [5.41, 5.74) is 0.914. The Bertz CT molecular complexity index is 418. The number of ether oxygens (including phenoxy) is 1. The summed E-state index contributed by atoms with van der Waals surface area (Å²) in [7, 11) is 1.75. The van der Waals surface area contributed by atoms with Crippen molar-refractivity contribution in [3.63, 3.8) is 0 Å². The molecule has 1 aromatic heterocycles. The molecule has 0 bridgehead atoms. The Morgan fingerprint density at radius 3 is 3.11 bits per heavy atom. The van der Waals surface area contributed by atoms with E-state index in [2.05, 4.69) is 11.8 Å². The zero-order valence-corrected chi connectivity index (χ0v) is 11.6. The fraction of sp³-hybridized carbons (Fsp3) is 0.615. The lowest BCUT2D eigenvalue weighted by Gasteiger charge is -2.36. The quantitative estimate of drug-likeness (QED) is 0.911. The molecule has 2 rings (SSSR count). The fourth-order valence-corrected chi connectivity index (χ4v) is 3.19. The normalized spacial score (nSPS) is 25.2. The van der Waals surface area contributed by atoms with Gasteiger partial charge in [-0.2, -0.15) is 0 Å². The van der Waals surface area contributed by atoms with Crippen molar-refractivity contribution in [1.29, 1.82) is 0 Å². The van der Waals surface area contributed by atoms with Gasteiger partial charge in [-0.3, -0.25) is 4.90 Å². The Balaban J connectivity index is 2.01. The maximum atomic E-state index is 11.1. The van der Waals surface area contributed by atoms with Gasteiger partial charge in [0.05, 0.1) is 6.10 Å². The molecule has 1 fully saturated rings. The summed E-state index contributed by atoms with van der Waals surface area (Å²) in [4.78, 5) is 13.8. The standard InChI is InChI=1S/C13H19NO3S/c1-9-3-5-14(8-11(9)17-2)7-10-4-6-18-12(10)13(15)16/h4,6,9,11H,3,5,7-8H2,1-2H3,(H,15,16). The van der Waals surface area contributed by atoms with E-state index >= 15 is 0 Å². The summed E-state index contributed by atoms with van der Waals surface area (Å²) in [5.74, 6) is -0.249. The van der Waals surface area contributed by atoms with Crippen LogP contribution in [0.1, 0.15) is 28.6 Å². The van der Waals surface area contributed by atoms with Gasteiger partial charge < -0.3 is 9.84 Å². The minimum atomic E-state index is -0.825. The number of rotatable bonds is 4. The number of carboxylic acids is 1. The van der Waals surface area contributed by atoms with Crippen LogP contribution in [0.15, 0.2) is 11.4 Å². The lowest BCUT2D eigenvalue weighted by molar-refractivity contribution is -0.00748. The van der Waals surface area contributed by atoms with E-state index < -0.39 is 5.97 Å². The number of methoxy groups -OCH3 is 1. The van der Waals surface area contributed by atoms with Gasteiger partial charge in [-0.25, -0.2) is 4.79 Å². The third kappa shape index (κ3) is 2.91. The highest BCUT2D eigenvalue weighted by Gasteiger charge is 2.26. The van der Waals surface area contributed by atoms with Crippen LogP contribution in [0, 0.1) is 5.92 Å². The molecule has 2 atom stereocenters. The summed E-state index contributed by atoms with van der Waals surface area (Å²) in [6.45, 7) is 4.80. The topological polar surface area (TPSA) is 49.8 Å². The van der Waals surface area contributed by atoms with Gasteiger partial charge in [0.2, 0.25) is 0 Å². The number of piperidine rings is 1. The molecule has 100 valence electrons. The predicted molar refractivity (Wildman–Crippen MR) is 71.1 cm³/mol. The van der Waals surface area contributed by atoms with E-state index in [-0.39, 0.29) is 6.10 Å². The number of nitrogens with zero attached hydrogens (tertiary/aromatic N) is 1. The monoisotopic (exact) mass is 269 g/mol. The molecule has 4 nitrogen and oxygen atoms in total. The number of aromatic carboxylic acids is 1. The highest BCUT2D eigenvalue weighted by molar-refractivity contribution is 7.12. The van der Waals surface area contributed by atoms with E-state index in [1.807, 2.05) is 11.4 Å². The highest BCUT2D eigenvalue weighted by Crippen LogP contribution is 2.24. The number of thiophene rings is 1. The van der Waals surface area contributed by atoms with Crippen molar-refractivity contribution in [2.24, 2.45) is 5.92 Å². The molecule has 5 heteroatoms. The Hall–Kier alpha value is -0.910. The smallest absolute Gasteiger partial charge is 0.346 e. The van der Waals surface area contributed by atoms with Crippen LogP contribution in [0.5, 0.6) is 0 Å². The second-order valence-corrected chi connectivity index (χ2v) is 5.77. The van der Waals surface area contributed by atoms with E-state index in [0.29, 0.717) is 17.3 Å². The van der Waals surface area contributed by atoms with E-state index in [9.17, 15) is 4.79 Å².